The van der Waals surface area contributed by atoms with Crippen LogP contribution in [0.2, 0.25) is 0 Å². The number of nitrogens with two attached hydrogens (primary N) is 1. The minimum Gasteiger partial charge on any atom is -0.508 e. The van der Waals surface area contributed by atoms with Crippen LogP contribution < -0.4 is 16.0 Å². The summed E-state index contributed by atoms with van der Waals surface area (Å²) in [5.41, 5.74) is 2.51. The highest BCUT2D eigenvalue weighted by molar-refractivity contribution is 7.99. The summed E-state index contributed by atoms with van der Waals surface area (Å²) in [5, 5.41) is 9.20. The summed E-state index contributed by atoms with van der Waals surface area (Å²) in [7, 11) is 0. The topological polar surface area (TPSA) is 84.6 Å². The van der Waals surface area contributed by atoms with Gasteiger partial charge in [-0.2, -0.15) is 0 Å². The number of phenolic OH excluding ortho intramolecular Hbond substituents is 1. The molecule has 0 aromatic heterocycles. The zero-order valence-corrected chi connectivity index (χ0v) is 12.1. The Kier molecular flexibility index (Phi) is 5.48. The Morgan fingerprint density at radius 1 is 1.19 bits per heavy atom. The number of hydrazine groups is 1. The number of nitrogens with one attached hydrogen (secondary N) is 1. The van der Waals surface area contributed by atoms with Crippen molar-refractivity contribution in [2.75, 3.05) is 12.4 Å². The molecule has 1 amide bonds. The van der Waals surface area contributed by atoms with Crippen LogP contribution in [0.15, 0.2) is 53.4 Å². The summed E-state index contributed by atoms with van der Waals surface area (Å²) < 4.78 is 5.62. The van der Waals surface area contributed by atoms with Crippen LogP contribution in [0.4, 0.5) is 0 Å². The fourth-order valence-electron chi connectivity index (χ4n) is 1.71. The summed E-state index contributed by atoms with van der Waals surface area (Å²) in [5.74, 6) is 6.24. The van der Waals surface area contributed by atoms with Gasteiger partial charge in [0.05, 0.1) is 12.2 Å². The zero-order valence-electron chi connectivity index (χ0n) is 11.3. The molecule has 6 heteroatoms. The van der Waals surface area contributed by atoms with Crippen LogP contribution in [0.5, 0.6) is 11.5 Å². The molecule has 0 aliphatic carbocycles. The van der Waals surface area contributed by atoms with E-state index in [0.717, 1.165) is 10.6 Å². The third kappa shape index (κ3) is 4.40. The van der Waals surface area contributed by atoms with E-state index < -0.39 is 0 Å². The average Bonchev–Trinajstić information content (AvgIpc) is 2.53. The molecule has 2 rings (SSSR count). The van der Waals surface area contributed by atoms with Gasteiger partial charge in [0.25, 0.3) is 5.91 Å². The molecule has 0 aliphatic rings. The maximum Gasteiger partial charge on any atom is 0.268 e. The Bertz CT molecular complexity index is 602. The molecular weight excluding hydrogens is 288 g/mol. The van der Waals surface area contributed by atoms with Crippen LogP contribution >= 0.6 is 11.8 Å². The van der Waals surface area contributed by atoms with Crippen molar-refractivity contribution in [1.82, 2.24) is 5.43 Å². The molecule has 0 bridgehead atoms. The van der Waals surface area contributed by atoms with E-state index in [2.05, 4.69) is 5.43 Å². The number of thioether (sulfide) groups is 1. The Morgan fingerprint density at radius 2 is 1.90 bits per heavy atom. The van der Waals surface area contributed by atoms with Gasteiger partial charge in [0.2, 0.25) is 0 Å². The minimum absolute atomic E-state index is 0.248. The lowest BCUT2D eigenvalue weighted by Crippen LogP contribution is -2.30. The molecule has 0 aliphatic heterocycles. The second-order valence-electron chi connectivity index (χ2n) is 4.16. The highest BCUT2D eigenvalue weighted by Crippen LogP contribution is 2.22. The van der Waals surface area contributed by atoms with Crippen LogP contribution in [0.3, 0.4) is 0 Å². The molecule has 0 saturated carbocycles. The second-order valence-corrected chi connectivity index (χ2v) is 5.33. The maximum absolute atomic E-state index is 11.6. The fourth-order valence-corrected chi connectivity index (χ4v) is 2.44. The van der Waals surface area contributed by atoms with E-state index in [-0.39, 0.29) is 11.7 Å². The monoisotopic (exact) mass is 304 g/mol. The van der Waals surface area contributed by atoms with Gasteiger partial charge in [-0.15, -0.1) is 11.8 Å². The lowest BCUT2D eigenvalue weighted by molar-refractivity contribution is 0.0950. The summed E-state index contributed by atoms with van der Waals surface area (Å²) in [6.07, 6.45) is 0. The van der Waals surface area contributed by atoms with Crippen molar-refractivity contribution in [1.29, 1.82) is 0 Å². The first kappa shape index (κ1) is 15.2. The van der Waals surface area contributed by atoms with Crippen LogP contribution in [-0.4, -0.2) is 23.4 Å². The summed E-state index contributed by atoms with van der Waals surface area (Å²) >= 11 is 1.61. The zero-order chi connectivity index (χ0) is 15.1. The van der Waals surface area contributed by atoms with Gasteiger partial charge in [-0.3, -0.25) is 10.2 Å². The fraction of sp³-hybridized carbons (Fsp3) is 0.133. The SMILES string of the molecule is NNC(=O)c1ccccc1OCCSc1ccc(O)cc1. The summed E-state index contributed by atoms with van der Waals surface area (Å²) in [6, 6.07) is 13.9. The van der Waals surface area contributed by atoms with E-state index in [1.165, 1.54) is 0 Å². The number of carbonyl (C=O) groups excluding carboxylic acids is 1. The molecule has 0 spiro atoms. The van der Waals surface area contributed by atoms with E-state index in [0.29, 0.717) is 17.9 Å². The number of ether oxygens (including phenoxy) is 1. The molecule has 0 fully saturated rings. The predicted octanol–water partition coefficient (Wildman–Crippen LogP) is 2.17. The number of rotatable bonds is 6. The van der Waals surface area contributed by atoms with Gasteiger partial charge >= 0.3 is 0 Å². The van der Waals surface area contributed by atoms with Crippen molar-refractivity contribution in [3.05, 3.63) is 54.1 Å². The maximum atomic E-state index is 11.6. The third-order valence-corrected chi connectivity index (χ3v) is 3.69. The molecule has 0 saturated heterocycles. The largest absolute Gasteiger partial charge is 0.508 e. The number of hydrogen-bond donors (Lipinski definition) is 3. The number of para-hydroxylation sites is 1. The highest BCUT2D eigenvalue weighted by atomic mass is 32.2. The molecule has 2 aromatic carbocycles. The van der Waals surface area contributed by atoms with Crippen molar-refractivity contribution in [2.24, 2.45) is 5.84 Å². The van der Waals surface area contributed by atoms with E-state index >= 15 is 0 Å². The highest BCUT2D eigenvalue weighted by Gasteiger charge is 2.10. The molecule has 0 atom stereocenters. The first-order chi connectivity index (χ1) is 10.2. The van der Waals surface area contributed by atoms with Crippen LogP contribution in [0, 0.1) is 0 Å². The second kappa shape index (κ2) is 7.56. The molecule has 5 nitrogen and oxygen atoms in total. The molecule has 21 heavy (non-hydrogen) atoms. The Hall–Kier alpha value is -2.18. The number of nitrogen functional groups attached to an aromatic ring is 1. The smallest absolute Gasteiger partial charge is 0.268 e. The van der Waals surface area contributed by atoms with Gasteiger partial charge < -0.3 is 9.84 Å². The number of benzene rings is 2. The van der Waals surface area contributed by atoms with Gasteiger partial charge in [0.1, 0.15) is 11.5 Å². The number of amides is 1. The van der Waals surface area contributed by atoms with Crippen molar-refractivity contribution in [2.45, 2.75) is 4.90 Å². The van der Waals surface area contributed by atoms with E-state index in [1.807, 2.05) is 12.1 Å². The standard InChI is InChI=1S/C15H16N2O3S/c16-17-15(19)13-3-1-2-4-14(13)20-9-10-21-12-7-5-11(18)6-8-12/h1-8,18H,9-10,16H2,(H,17,19). The van der Waals surface area contributed by atoms with E-state index in [1.54, 1.807) is 48.2 Å². The van der Waals surface area contributed by atoms with Gasteiger partial charge in [-0.05, 0) is 36.4 Å². The number of hydrogen-bond acceptors (Lipinski definition) is 5. The lowest BCUT2D eigenvalue weighted by atomic mass is 10.2. The third-order valence-electron chi connectivity index (χ3n) is 2.71. The summed E-state index contributed by atoms with van der Waals surface area (Å²) in [6.45, 7) is 0.459. The van der Waals surface area contributed by atoms with Gasteiger partial charge in [0, 0.05) is 10.6 Å². The van der Waals surface area contributed by atoms with Crippen LogP contribution in [0.25, 0.3) is 0 Å². The van der Waals surface area contributed by atoms with Crippen molar-refractivity contribution in [3.63, 3.8) is 0 Å². The number of phenols is 1. The van der Waals surface area contributed by atoms with E-state index in [9.17, 15) is 9.90 Å². The van der Waals surface area contributed by atoms with Crippen molar-refractivity contribution >= 4 is 17.7 Å². The first-order valence-corrected chi connectivity index (χ1v) is 7.34. The van der Waals surface area contributed by atoms with Gasteiger partial charge in [0.15, 0.2) is 0 Å². The minimum atomic E-state index is -0.378. The first-order valence-electron chi connectivity index (χ1n) is 6.35. The Balaban J connectivity index is 1.86. The normalized spacial score (nSPS) is 10.1. The predicted molar refractivity (Wildman–Crippen MR) is 82.4 cm³/mol. The molecule has 4 N–H and O–H groups in total. The van der Waals surface area contributed by atoms with Crippen LogP contribution in [-0.2, 0) is 0 Å². The quantitative estimate of drug-likeness (QED) is 0.250. The Labute approximate surface area is 127 Å². The van der Waals surface area contributed by atoms with E-state index in [4.69, 9.17) is 10.6 Å². The Morgan fingerprint density at radius 3 is 2.62 bits per heavy atom. The molecule has 110 valence electrons. The lowest BCUT2D eigenvalue weighted by Gasteiger charge is -2.10. The molecule has 2 aromatic rings. The number of aromatic hydroxyl groups is 1. The van der Waals surface area contributed by atoms with Gasteiger partial charge in [-0.25, -0.2) is 5.84 Å². The molecular formula is C15H16N2O3S. The summed E-state index contributed by atoms with van der Waals surface area (Å²) in [4.78, 5) is 12.6. The average molecular weight is 304 g/mol. The van der Waals surface area contributed by atoms with Gasteiger partial charge in [-0.1, -0.05) is 12.1 Å². The van der Waals surface area contributed by atoms with Crippen molar-refractivity contribution in [3.8, 4) is 11.5 Å². The number of carbonyl (C=O) groups is 1. The molecule has 0 unspecified atom stereocenters. The molecule has 0 radical (unpaired) electrons. The van der Waals surface area contributed by atoms with Crippen LogP contribution in [0.1, 0.15) is 10.4 Å². The molecule has 0 heterocycles. The van der Waals surface area contributed by atoms with Crippen molar-refractivity contribution < 1.29 is 14.6 Å².